The molecule has 2 unspecified atom stereocenters. The molecule has 6 nitrogen and oxygen atoms in total. The minimum absolute atomic E-state index is 0.0312. The van der Waals surface area contributed by atoms with Crippen molar-refractivity contribution in [2.75, 3.05) is 7.11 Å². The van der Waals surface area contributed by atoms with Crippen molar-refractivity contribution in [2.24, 2.45) is 5.10 Å². The molecule has 1 aromatic heterocycles. The van der Waals surface area contributed by atoms with Crippen molar-refractivity contribution in [2.45, 2.75) is 18.7 Å². The number of nitrogens with zero attached hydrogens (tertiary/aromatic N) is 3. The number of pyridine rings is 1. The second-order valence-corrected chi connectivity index (χ2v) is 6.82. The number of hydrazone groups is 1. The average molecular weight is 373 g/mol. The zero-order valence-electron chi connectivity index (χ0n) is 15.3. The third-order valence-electron chi connectivity index (χ3n) is 5.20. The van der Waals surface area contributed by atoms with Gasteiger partial charge in [0.2, 0.25) is 6.23 Å². The normalized spacial score (nSPS) is 20.0. The Balaban J connectivity index is 1.61. The summed E-state index contributed by atoms with van der Waals surface area (Å²) < 4.78 is 11.6. The molecule has 6 heteroatoms. The highest BCUT2D eigenvalue weighted by atomic mass is 16.5. The van der Waals surface area contributed by atoms with E-state index in [1.54, 1.807) is 31.6 Å². The third kappa shape index (κ3) is 2.65. The van der Waals surface area contributed by atoms with Crippen LogP contribution < -0.4 is 9.47 Å². The largest absolute Gasteiger partial charge is 0.507 e. The molecule has 0 bridgehead atoms. The van der Waals surface area contributed by atoms with Gasteiger partial charge in [-0.05, 0) is 36.4 Å². The van der Waals surface area contributed by atoms with E-state index in [0.717, 1.165) is 22.6 Å². The number of rotatable bonds is 3. The van der Waals surface area contributed by atoms with E-state index in [1.165, 1.54) is 0 Å². The van der Waals surface area contributed by atoms with Gasteiger partial charge in [-0.3, -0.25) is 4.98 Å². The lowest BCUT2D eigenvalue weighted by Gasteiger charge is -2.38. The molecule has 1 N–H and O–H groups in total. The van der Waals surface area contributed by atoms with Gasteiger partial charge in [0.15, 0.2) is 0 Å². The number of benzene rings is 2. The number of fused-ring (bicyclic) bond motifs is 3. The lowest BCUT2D eigenvalue weighted by Crippen LogP contribution is -2.33. The summed E-state index contributed by atoms with van der Waals surface area (Å²) in [5, 5.41) is 17.2. The number of aromatic nitrogens is 1. The van der Waals surface area contributed by atoms with Gasteiger partial charge in [0, 0.05) is 35.5 Å². The van der Waals surface area contributed by atoms with E-state index in [9.17, 15) is 5.11 Å². The first-order chi connectivity index (χ1) is 13.7. The lowest BCUT2D eigenvalue weighted by atomic mass is 9.95. The number of phenolic OH excluding ortho intramolecular Hbond substituents is 1. The average Bonchev–Trinajstić information content (AvgIpc) is 3.19. The molecule has 0 saturated heterocycles. The number of hydrogen-bond acceptors (Lipinski definition) is 6. The maximum absolute atomic E-state index is 10.4. The van der Waals surface area contributed by atoms with Crippen molar-refractivity contribution < 1.29 is 14.6 Å². The van der Waals surface area contributed by atoms with E-state index in [2.05, 4.69) is 11.1 Å². The fourth-order valence-corrected chi connectivity index (χ4v) is 3.82. The number of aromatic hydroxyl groups is 1. The molecular formula is C22H19N3O3. The van der Waals surface area contributed by atoms with Gasteiger partial charge >= 0.3 is 0 Å². The van der Waals surface area contributed by atoms with Crippen LogP contribution in [0.3, 0.4) is 0 Å². The number of hydrogen-bond donors (Lipinski definition) is 1. The zero-order chi connectivity index (χ0) is 19.1. The third-order valence-corrected chi connectivity index (χ3v) is 5.20. The molecule has 2 aliphatic heterocycles. The Hall–Kier alpha value is -3.54. The van der Waals surface area contributed by atoms with Gasteiger partial charge in [0.05, 0.1) is 18.9 Å². The zero-order valence-corrected chi connectivity index (χ0v) is 15.3. The predicted molar refractivity (Wildman–Crippen MR) is 104 cm³/mol. The molecule has 28 heavy (non-hydrogen) atoms. The molecule has 5 rings (SSSR count). The van der Waals surface area contributed by atoms with Crippen molar-refractivity contribution in [3.63, 3.8) is 0 Å². The minimum Gasteiger partial charge on any atom is -0.507 e. The molecule has 140 valence electrons. The summed E-state index contributed by atoms with van der Waals surface area (Å²) in [4.78, 5) is 4.11. The SMILES string of the molecule is COc1ccc(O)c(C2=NN3C(C2)c2ccccc2OC3c2ccncc2)c1. The highest BCUT2D eigenvalue weighted by Crippen LogP contribution is 2.47. The Kier molecular flexibility index (Phi) is 3.90. The van der Waals surface area contributed by atoms with E-state index in [-0.39, 0.29) is 18.0 Å². The van der Waals surface area contributed by atoms with Crippen LogP contribution in [-0.2, 0) is 0 Å². The summed E-state index contributed by atoms with van der Waals surface area (Å²) in [7, 11) is 1.61. The van der Waals surface area contributed by atoms with Gasteiger partial charge in [0.1, 0.15) is 17.2 Å². The summed E-state index contributed by atoms with van der Waals surface area (Å²) in [6, 6.07) is 17.1. The maximum Gasteiger partial charge on any atom is 0.213 e. The topological polar surface area (TPSA) is 67.2 Å². The maximum atomic E-state index is 10.4. The number of para-hydroxylation sites is 1. The van der Waals surface area contributed by atoms with Crippen LogP contribution in [0.25, 0.3) is 0 Å². The van der Waals surface area contributed by atoms with Gasteiger partial charge in [0.25, 0.3) is 0 Å². The van der Waals surface area contributed by atoms with Crippen molar-refractivity contribution in [1.29, 1.82) is 0 Å². The van der Waals surface area contributed by atoms with Crippen LogP contribution >= 0.6 is 0 Å². The molecule has 0 aliphatic carbocycles. The molecule has 3 aromatic rings. The van der Waals surface area contributed by atoms with Crippen molar-refractivity contribution in [3.05, 3.63) is 83.7 Å². The second-order valence-electron chi connectivity index (χ2n) is 6.82. The molecule has 3 heterocycles. The Labute approximate surface area is 162 Å². The van der Waals surface area contributed by atoms with Gasteiger partial charge < -0.3 is 14.6 Å². The van der Waals surface area contributed by atoms with Crippen molar-refractivity contribution in [3.8, 4) is 17.2 Å². The van der Waals surface area contributed by atoms with Crippen molar-refractivity contribution >= 4 is 5.71 Å². The number of ether oxygens (including phenoxy) is 2. The summed E-state index contributed by atoms with van der Waals surface area (Å²) in [6.07, 6.45) is 3.82. The summed E-state index contributed by atoms with van der Waals surface area (Å²) in [6.45, 7) is 0. The Bertz CT molecular complexity index is 1050. The van der Waals surface area contributed by atoms with Crippen LogP contribution in [0.15, 0.2) is 72.1 Å². The first-order valence-corrected chi connectivity index (χ1v) is 9.13. The van der Waals surface area contributed by atoms with Gasteiger partial charge in [-0.2, -0.15) is 5.10 Å². The van der Waals surface area contributed by atoms with Gasteiger partial charge in [-0.1, -0.05) is 18.2 Å². The van der Waals surface area contributed by atoms with Crippen LogP contribution in [-0.4, -0.2) is 27.9 Å². The summed E-state index contributed by atoms with van der Waals surface area (Å²) in [5.74, 6) is 1.73. The first-order valence-electron chi connectivity index (χ1n) is 9.13. The molecule has 0 radical (unpaired) electrons. The van der Waals surface area contributed by atoms with Crippen LogP contribution in [0.1, 0.15) is 35.4 Å². The van der Waals surface area contributed by atoms with E-state index in [4.69, 9.17) is 14.6 Å². The van der Waals surface area contributed by atoms with E-state index < -0.39 is 0 Å². The van der Waals surface area contributed by atoms with Crippen LogP contribution in [0.2, 0.25) is 0 Å². The molecule has 2 aromatic carbocycles. The fourth-order valence-electron chi connectivity index (χ4n) is 3.82. The quantitative estimate of drug-likeness (QED) is 0.751. The standard InChI is InChI=1S/C22H19N3O3/c1-27-15-6-7-20(26)17(12-15)18-13-19-16-4-2-3-5-21(16)28-22(25(19)24-18)14-8-10-23-11-9-14/h2-12,19,22,26H,13H2,1H3. The smallest absolute Gasteiger partial charge is 0.213 e. The predicted octanol–water partition coefficient (Wildman–Crippen LogP) is 4.04. The molecule has 2 aliphatic rings. The molecule has 0 spiro atoms. The Morgan fingerprint density at radius 2 is 1.93 bits per heavy atom. The Morgan fingerprint density at radius 1 is 1.11 bits per heavy atom. The van der Waals surface area contributed by atoms with Crippen LogP contribution in [0, 0.1) is 0 Å². The van der Waals surface area contributed by atoms with E-state index >= 15 is 0 Å². The van der Waals surface area contributed by atoms with Gasteiger partial charge in [-0.15, -0.1) is 0 Å². The summed E-state index contributed by atoms with van der Waals surface area (Å²) in [5.41, 5.74) is 3.56. The monoisotopic (exact) mass is 373 g/mol. The highest BCUT2D eigenvalue weighted by Gasteiger charge is 2.41. The Morgan fingerprint density at radius 3 is 2.75 bits per heavy atom. The summed E-state index contributed by atoms with van der Waals surface area (Å²) >= 11 is 0. The van der Waals surface area contributed by atoms with E-state index in [1.807, 2.05) is 41.4 Å². The molecule has 0 saturated carbocycles. The van der Waals surface area contributed by atoms with E-state index in [0.29, 0.717) is 17.7 Å². The highest BCUT2D eigenvalue weighted by molar-refractivity contribution is 6.04. The molecular weight excluding hydrogens is 354 g/mol. The van der Waals surface area contributed by atoms with Crippen LogP contribution in [0.5, 0.6) is 17.2 Å². The fraction of sp³-hybridized carbons (Fsp3) is 0.182. The molecule has 0 fully saturated rings. The lowest BCUT2D eigenvalue weighted by molar-refractivity contribution is -0.0190. The van der Waals surface area contributed by atoms with Crippen LogP contribution in [0.4, 0.5) is 0 Å². The van der Waals surface area contributed by atoms with Crippen molar-refractivity contribution in [1.82, 2.24) is 9.99 Å². The molecule has 0 amide bonds. The number of phenols is 1. The second kappa shape index (κ2) is 6.56. The first kappa shape index (κ1) is 16.6. The minimum atomic E-state index is -0.354. The van der Waals surface area contributed by atoms with Gasteiger partial charge in [-0.25, -0.2) is 5.01 Å². The molecule has 2 atom stereocenters. The number of methoxy groups -OCH3 is 1.